The smallest absolute Gasteiger partial charge is 0.257 e. The van der Waals surface area contributed by atoms with E-state index >= 15 is 0 Å². The van der Waals surface area contributed by atoms with Gasteiger partial charge in [-0.1, -0.05) is 13.0 Å². The normalized spacial score (nSPS) is 19.9. The Balaban J connectivity index is 1.85. The van der Waals surface area contributed by atoms with E-state index in [1.165, 1.54) is 16.9 Å². The van der Waals surface area contributed by atoms with Gasteiger partial charge in [0.15, 0.2) is 17.3 Å². The molecule has 0 aromatic carbocycles. The molecule has 2 atom stereocenters. The fourth-order valence-electron chi connectivity index (χ4n) is 2.99. The molecule has 0 aliphatic carbocycles. The van der Waals surface area contributed by atoms with E-state index in [0.29, 0.717) is 12.3 Å². The van der Waals surface area contributed by atoms with Gasteiger partial charge < -0.3 is 15.4 Å². The summed E-state index contributed by atoms with van der Waals surface area (Å²) in [6, 6.07) is 3.12. The molecule has 0 radical (unpaired) electrons. The number of rotatable bonds is 1. The van der Waals surface area contributed by atoms with Gasteiger partial charge in [-0.3, -0.25) is 4.79 Å². The van der Waals surface area contributed by atoms with E-state index < -0.39 is 5.82 Å². The third-order valence-electron chi connectivity index (χ3n) is 4.56. The molecule has 0 fully saturated rings. The minimum atomic E-state index is -0.572. The van der Waals surface area contributed by atoms with Crippen molar-refractivity contribution < 1.29 is 13.9 Å². The topological polar surface area (TPSA) is 93.4 Å². The number of aromatic nitrogens is 4. The monoisotopic (exact) mass is 370 g/mol. The number of anilines is 1. The third-order valence-corrected chi connectivity index (χ3v) is 4.56. The second-order valence-electron chi connectivity index (χ2n) is 6.42. The zero-order valence-corrected chi connectivity index (χ0v) is 14.9. The number of carbonyl (C=O) groups excluding carboxylic acids is 1. The molecule has 0 saturated carbocycles. The summed E-state index contributed by atoms with van der Waals surface area (Å²) in [4.78, 5) is 21.3. The number of pyridine rings is 1. The van der Waals surface area contributed by atoms with Crippen molar-refractivity contribution in [3.8, 4) is 5.88 Å². The lowest BCUT2D eigenvalue weighted by atomic mass is 10.1. The lowest BCUT2D eigenvalue weighted by Crippen LogP contribution is -2.38. The van der Waals surface area contributed by atoms with Crippen LogP contribution in [0.5, 0.6) is 5.88 Å². The van der Waals surface area contributed by atoms with Gasteiger partial charge in [-0.25, -0.2) is 18.9 Å². The van der Waals surface area contributed by atoms with Crippen LogP contribution in [0.25, 0.3) is 5.65 Å². The number of amides is 1. The van der Waals surface area contributed by atoms with E-state index in [-0.39, 0.29) is 41.6 Å². The van der Waals surface area contributed by atoms with Gasteiger partial charge in [-0.05, 0) is 19.4 Å². The number of nitrogens with one attached hydrogen (secondary N) is 2. The summed E-state index contributed by atoms with van der Waals surface area (Å²) in [5.74, 6) is -0.435. The first-order chi connectivity index (χ1) is 13.1. The van der Waals surface area contributed by atoms with Crippen molar-refractivity contribution in [1.82, 2.24) is 24.9 Å². The molecule has 4 rings (SSSR count). The molecule has 8 nitrogen and oxygen atoms in total. The number of hydrogen-bond donors (Lipinski definition) is 2. The van der Waals surface area contributed by atoms with Crippen LogP contribution in [0.15, 0.2) is 30.7 Å². The maximum atomic E-state index is 14.5. The highest BCUT2D eigenvalue weighted by atomic mass is 19.1. The highest BCUT2D eigenvalue weighted by molar-refractivity contribution is 5.99. The van der Waals surface area contributed by atoms with E-state index in [1.54, 1.807) is 12.3 Å². The minimum absolute atomic E-state index is 0.0330. The van der Waals surface area contributed by atoms with Crippen LogP contribution in [0.1, 0.15) is 42.2 Å². The van der Waals surface area contributed by atoms with Crippen LogP contribution in [0, 0.1) is 5.82 Å². The van der Waals surface area contributed by atoms with Gasteiger partial charge in [0.2, 0.25) is 5.88 Å². The molecule has 0 saturated heterocycles. The Kier molecular flexibility index (Phi) is 4.35. The van der Waals surface area contributed by atoms with Crippen LogP contribution in [0.4, 0.5) is 10.2 Å². The molecule has 4 heterocycles. The van der Waals surface area contributed by atoms with Crippen LogP contribution in [-0.2, 0) is 0 Å². The van der Waals surface area contributed by atoms with E-state index in [1.807, 2.05) is 19.9 Å². The maximum absolute atomic E-state index is 14.5. The first kappa shape index (κ1) is 17.2. The number of carbonyl (C=O) groups is 1. The standard InChI is InChI=1S/C18H19FN6O2/c1-3-11-9-27-18-12(5-4-6-20-18)10(2)22-15-14(19)8-25-16(24-15)13(7-21-25)17(26)23-11/h4-8,10-11H,3,9H2,1-2H3,(H,22,24)(H,23,26)/t10-,11-/m1/s1. The first-order valence-electron chi connectivity index (χ1n) is 8.75. The molecule has 0 spiro atoms. The van der Waals surface area contributed by atoms with Gasteiger partial charge in [0, 0.05) is 11.8 Å². The van der Waals surface area contributed by atoms with Gasteiger partial charge in [0.25, 0.3) is 5.91 Å². The van der Waals surface area contributed by atoms with E-state index in [4.69, 9.17) is 4.74 Å². The average Bonchev–Trinajstić information content (AvgIpc) is 3.07. The molecule has 27 heavy (non-hydrogen) atoms. The summed E-state index contributed by atoms with van der Waals surface area (Å²) < 4.78 is 21.6. The molecule has 9 heteroatoms. The van der Waals surface area contributed by atoms with E-state index in [2.05, 4.69) is 25.7 Å². The van der Waals surface area contributed by atoms with Gasteiger partial charge in [-0.2, -0.15) is 5.10 Å². The number of halogens is 1. The van der Waals surface area contributed by atoms with Crippen LogP contribution < -0.4 is 15.4 Å². The summed E-state index contributed by atoms with van der Waals surface area (Å²) >= 11 is 0. The van der Waals surface area contributed by atoms with Gasteiger partial charge in [0.05, 0.1) is 24.5 Å². The number of fused-ring (bicyclic) bond motifs is 2. The average molecular weight is 370 g/mol. The largest absolute Gasteiger partial charge is 0.475 e. The quantitative estimate of drug-likeness (QED) is 0.683. The summed E-state index contributed by atoms with van der Waals surface area (Å²) in [7, 11) is 0. The van der Waals surface area contributed by atoms with Crippen LogP contribution >= 0.6 is 0 Å². The summed E-state index contributed by atoms with van der Waals surface area (Å²) in [6.07, 6.45) is 4.89. The molecular formula is C18H19FN6O2. The van der Waals surface area contributed by atoms with Crippen molar-refractivity contribution >= 4 is 17.4 Å². The zero-order chi connectivity index (χ0) is 19.0. The SMILES string of the molecule is CC[C@@H]1COc2ncccc2[C@@H](C)Nc2nc3c(cnn3cc2F)C(=O)N1. The fourth-order valence-corrected chi connectivity index (χ4v) is 2.99. The van der Waals surface area contributed by atoms with Crippen LogP contribution in [0.3, 0.4) is 0 Å². The second-order valence-corrected chi connectivity index (χ2v) is 6.42. The lowest BCUT2D eigenvalue weighted by Gasteiger charge is -2.20. The second kappa shape index (κ2) is 6.82. The highest BCUT2D eigenvalue weighted by Crippen LogP contribution is 2.27. The molecule has 0 unspecified atom stereocenters. The fraction of sp³-hybridized carbons (Fsp3) is 0.333. The van der Waals surface area contributed by atoms with Crippen molar-refractivity contribution in [2.24, 2.45) is 0 Å². The van der Waals surface area contributed by atoms with Crippen molar-refractivity contribution in [3.05, 3.63) is 47.7 Å². The van der Waals surface area contributed by atoms with Gasteiger partial charge in [0.1, 0.15) is 12.2 Å². The van der Waals surface area contributed by atoms with Gasteiger partial charge in [-0.15, -0.1) is 0 Å². The predicted octanol–water partition coefficient (Wildman–Crippen LogP) is 2.34. The van der Waals surface area contributed by atoms with Gasteiger partial charge >= 0.3 is 0 Å². The van der Waals surface area contributed by atoms with E-state index in [0.717, 1.165) is 5.56 Å². The summed E-state index contributed by atoms with van der Waals surface area (Å²) in [6.45, 7) is 4.09. The van der Waals surface area contributed by atoms with Crippen molar-refractivity contribution in [2.45, 2.75) is 32.4 Å². The number of hydrogen-bond acceptors (Lipinski definition) is 6. The van der Waals surface area contributed by atoms with Crippen LogP contribution in [0.2, 0.25) is 0 Å². The summed E-state index contributed by atoms with van der Waals surface area (Å²) in [5, 5.41) is 9.99. The molecule has 140 valence electrons. The Bertz CT molecular complexity index is 1000. The molecule has 2 bridgehead atoms. The molecule has 3 aromatic rings. The minimum Gasteiger partial charge on any atom is -0.475 e. The Morgan fingerprint density at radius 1 is 1.41 bits per heavy atom. The van der Waals surface area contributed by atoms with Crippen molar-refractivity contribution in [1.29, 1.82) is 0 Å². The zero-order valence-electron chi connectivity index (χ0n) is 14.9. The highest BCUT2D eigenvalue weighted by Gasteiger charge is 2.23. The Hall–Kier alpha value is -3.23. The van der Waals surface area contributed by atoms with Crippen molar-refractivity contribution in [2.75, 3.05) is 11.9 Å². The number of ether oxygens (including phenoxy) is 1. The lowest BCUT2D eigenvalue weighted by molar-refractivity contribution is 0.0920. The Morgan fingerprint density at radius 2 is 2.26 bits per heavy atom. The van der Waals surface area contributed by atoms with Crippen molar-refractivity contribution in [3.63, 3.8) is 0 Å². The predicted molar refractivity (Wildman–Crippen MR) is 96.3 cm³/mol. The first-order valence-corrected chi connectivity index (χ1v) is 8.75. The van der Waals surface area contributed by atoms with E-state index in [9.17, 15) is 9.18 Å². The molecule has 2 N–H and O–H groups in total. The molecular weight excluding hydrogens is 351 g/mol. The Labute approximate surface area is 154 Å². The maximum Gasteiger partial charge on any atom is 0.257 e. The third kappa shape index (κ3) is 3.16. The Morgan fingerprint density at radius 3 is 3.07 bits per heavy atom. The number of nitrogens with zero attached hydrogens (tertiary/aromatic N) is 4. The molecule has 3 aromatic heterocycles. The molecule has 1 aliphatic heterocycles. The summed E-state index contributed by atoms with van der Waals surface area (Å²) in [5.41, 5.74) is 1.33. The van der Waals surface area contributed by atoms with Crippen LogP contribution in [-0.4, -0.2) is 38.1 Å². The molecule has 1 amide bonds. The molecule has 1 aliphatic rings.